The monoisotopic (exact) mass is 503 g/mol. The van der Waals surface area contributed by atoms with Crippen LogP contribution in [-0.4, -0.2) is 51.0 Å². The van der Waals surface area contributed by atoms with Gasteiger partial charge in [0.05, 0.1) is 0 Å². The molecule has 1 amide bonds. The van der Waals surface area contributed by atoms with Crippen LogP contribution in [0.1, 0.15) is 37.8 Å². The molecule has 0 aromatic carbocycles. The molecule has 12 heteroatoms. The maximum atomic E-state index is 13.5. The lowest BCUT2D eigenvalue weighted by atomic mass is 9.92. The minimum Gasteiger partial charge on any atom is -0.366 e. The van der Waals surface area contributed by atoms with Crippen molar-refractivity contribution in [1.29, 1.82) is 0 Å². The fourth-order valence-corrected chi connectivity index (χ4v) is 4.22. The van der Waals surface area contributed by atoms with E-state index in [0.29, 0.717) is 41.2 Å². The number of likely N-dealkylation sites (tertiary alicyclic amines) is 1. The Balaban J connectivity index is 1.56. The number of carbonyl (C=O) groups excluding carboxylic acids is 1. The van der Waals surface area contributed by atoms with Crippen LogP contribution in [0.4, 0.5) is 19.4 Å². The van der Waals surface area contributed by atoms with Crippen LogP contribution in [0.25, 0.3) is 10.8 Å². The summed E-state index contributed by atoms with van der Waals surface area (Å²) in [6.45, 7) is 3.10. The van der Waals surface area contributed by atoms with Crippen molar-refractivity contribution in [2.75, 3.05) is 18.4 Å². The first-order valence-electron chi connectivity index (χ1n) is 9.58. The first kappa shape index (κ1) is 21.2. The number of nitrogens with zero attached hydrogens (tertiary/aromatic N) is 4. The normalized spacial score (nSPS) is 18.6. The predicted octanol–water partition coefficient (Wildman–Crippen LogP) is 4.80. The van der Waals surface area contributed by atoms with E-state index in [4.69, 9.17) is 9.78 Å². The lowest BCUT2D eigenvalue weighted by Crippen LogP contribution is -2.42. The van der Waals surface area contributed by atoms with Crippen molar-refractivity contribution in [3.63, 3.8) is 0 Å². The van der Waals surface area contributed by atoms with Crippen molar-refractivity contribution in [3.05, 3.63) is 15.5 Å². The summed E-state index contributed by atoms with van der Waals surface area (Å²) in [4.78, 5) is 36.8. The third-order valence-corrected chi connectivity index (χ3v) is 6.67. The fraction of sp³-hybridized carbons (Fsp3) is 0.556. The van der Waals surface area contributed by atoms with E-state index in [1.807, 2.05) is 12.3 Å². The number of thiazole rings is 1. The average molecular weight is 504 g/mol. The van der Waals surface area contributed by atoms with Crippen LogP contribution < -0.4 is 10.2 Å². The van der Waals surface area contributed by atoms with Gasteiger partial charge >= 0.3 is 6.09 Å². The first-order chi connectivity index (χ1) is 14.3. The number of amides is 1. The van der Waals surface area contributed by atoms with E-state index in [-0.39, 0.29) is 30.6 Å². The first-order valence-corrected chi connectivity index (χ1v) is 11.3. The second-order valence-corrected chi connectivity index (χ2v) is 9.01. The highest BCUT2D eigenvalue weighted by atomic mass is 79.9. The molecule has 1 aliphatic heterocycles. The zero-order chi connectivity index (χ0) is 21.3. The van der Waals surface area contributed by atoms with Gasteiger partial charge in [0, 0.05) is 43.0 Å². The van der Waals surface area contributed by atoms with Gasteiger partial charge in [0.25, 0.3) is 5.88 Å². The molecular weight excluding hydrogens is 484 g/mol. The molecule has 2 fully saturated rings. The summed E-state index contributed by atoms with van der Waals surface area (Å²) in [5.41, 5.74) is 0.817. The van der Waals surface area contributed by atoms with Crippen LogP contribution in [0.2, 0.25) is 0 Å². The number of anilines is 1. The molecule has 2 aliphatic rings. The summed E-state index contributed by atoms with van der Waals surface area (Å²) in [7, 11) is 0. The predicted molar refractivity (Wildman–Crippen MR) is 110 cm³/mol. The molecule has 8 nitrogen and oxygen atoms in total. The van der Waals surface area contributed by atoms with Crippen molar-refractivity contribution in [1.82, 2.24) is 19.9 Å². The summed E-state index contributed by atoms with van der Waals surface area (Å²) < 4.78 is 27.3. The number of carbonyl (C=O) groups is 1. The molecule has 162 valence electrons. The van der Waals surface area contributed by atoms with Gasteiger partial charge in [0.2, 0.25) is 5.92 Å². The highest BCUT2D eigenvalue weighted by Crippen LogP contribution is 2.37. The molecule has 1 N–H and O–H groups in total. The average Bonchev–Trinajstić information content (AvgIpc) is 3.09. The molecule has 1 saturated carbocycles. The molecule has 0 bridgehead atoms. The lowest BCUT2D eigenvalue weighted by molar-refractivity contribution is -0.161. The zero-order valence-corrected chi connectivity index (χ0v) is 18.6. The fourth-order valence-electron chi connectivity index (χ4n) is 3.13. The van der Waals surface area contributed by atoms with E-state index in [2.05, 4.69) is 36.2 Å². The highest BCUT2D eigenvalue weighted by molar-refractivity contribution is 9.10. The lowest BCUT2D eigenvalue weighted by Gasteiger charge is -2.29. The maximum absolute atomic E-state index is 13.5. The number of nitrogens with one attached hydrogen (secondary N) is 1. The molecule has 0 radical (unpaired) electrons. The van der Waals surface area contributed by atoms with E-state index in [0.717, 1.165) is 12.1 Å². The Kier molecular flexibility index (Phi) is 6.05. The standard InChI is InChI=1S/C18H20BrF2N5O3S/c1-10-9-30-16(22-10)14-24-13(23-11-3-5-18(20,21)6-4-11)12(19)15(25-14)28-29-17(27)26-7-2-8-26/h9,11H,2-8H2,1H3,(H,23,24,25). The summed E-state index contributed by atoms with van der Waals surface area (Å²) in [6.07, 6.45) is 0.604. The second-order valence-electron chi connectivity index (χ2n) is 7.36. The van der Waals surface area contributed by atoms with Gasteiger partial charge in [-0.05, 0) is 42.1 Å². The summed E-state index contributed by atoms with van der Waals surface area (Å²) >= 11 is 4.74. The van der Waals surface area contributed by atoms with Crippen molar-refractivity contribution < 1.29 is 23.4 Å². The van der Waals surface area contributed by atoms with Crippen LogP contribution in [0.5, 0.6) is 5.88 Å². The van der Waals surface area contributed by atoms with Crippen molar-refractivity contribution in [3.8, 4) is 16.7 Å². The molecule has 1 aliphatic carbocycles. The summed E-state index contributed by atoms with van der Waals surface area (Å²) in [5.74, 6) is -1.96. The molecule has 0 atom stereocenters. The van der Waals surface area contributed by atoms with E-state index in [9.17, 15) is 13.6 Å². The summed E-state index contributed by atoms with van der Waals surface area (Å²) in [5, 5.41) is 5.62. The minimum atomic E-state index is -2.62. The Hall–Kier alpha value is -2.08. The van der Waals surface area contributed by atoms with Gasteiger partial charge in [-0.25, -0.2) is 28.4 Å². The summed E-state index contributed by atoms with van der Waals surface area (Å²) in [6, 6.07) is -0.168. The smallest absolute Gasteiger partial charge is 0.366 e. The van der Waals surface area contributed by atoms with E-state index in [1.54, 1.807) is 0 Å². The third-order valence-electron chi connectivity index (χ3n) is 5.00. The number of halogens is 3. The largest absolute Gasteiger partial charge is 0.452 e. The van der Waals surface area contributed by atoms with Crippen molar-refractivity contribution >= 4 is 39.2 Å². The molecule has 1 saturated heterocycles. The molecule has 30 heavy (non-hydrogen) atoms. The highest BCUT2D eigenvalue weighted by Gasteiger charge is 2.35. The quantitative estimate of drug-likeness (QED) is 0.463. The Morgan fingerprint density at radius 3 is 2.63 bits per heavy atom. The van der Waals surface area contributed by atoms with Crippen molar-refractivity contribution in [2.24, 2.45) is 0 Å². The van der Waals surface area contributed by atoms with Gasteiger partial charge in [0.15, 0.2) is 10.8 Å². The van der Waals surface area contributed by atoms with Gasteiger partial charge in [-0.2, -0.15) is 4.98 Å². The maximum Gasteiger partial charge on any atom is 0.452 e. The molecule has 4 rings (SSSR count). The second kappa shape index (κ2) is 8.58. The topological polar surface area (TPSA) is 89.5 Å². The number of aromatic nitrogens is 3. The Bertz CT molecular complexity index is 931. The van der Waals surface area contributed by atoms with E-state index in [1.165, 1.54) is 16.2 Å². The molecule has 0 spiro atoms. The Morgan fingerprint density at radius 1 is 1.30 bits per heavy atom. The Labute approximate surface area is 184 Å². The van der Waals surface area contributed by atoms with Gasteiger partial charge < -0.3 is 10.2 Å². The minimum absolute atomic E-state index is 0.00497. The van der Waals surface area contributed by atoms with E-state index < -0.39 is 12.0 Å². The number of hydrogen-bond donors (Lipinski definition) is 1. The number of rotatable bonds is 5. The van der Waals surface area contributed by atoms with Crippen LogP contribution >= 0.6 is 27.3 Å². The van der Waals surface area contributed by atoms with Crippen molar-refractivity contribution in [2.45, 2.75) is 51.0 Å². The SMILES string of the molecule is Cc1csc(-c2nc(NC3CCC(F)(F)CC3)c(Br)c(OOC(=O)N3CCC3)n2)n1. The van der Waals surface area contributed by atoms with E-state index >= 15 is 0 Å². The zero-order valence-electron chi connectivity index (χ0n) is 16.2. The third kappa shape index (κ3) is 4.80. The van der Waals surface area contributed by atoms with Crippen LogP contribution in [0.15, 0.2) is 9.85 Å². The van der Waals surface area contributed by atoms with Gasteiger partial charge in [0.1, 0.15) is 10.3 Å². The molecule has 0 unspecified atom stereocenters. The molecule has 2 aromatic heterocycles. The molecule has 2 aromatic rings. The van der Waals surface area contributed by atoms with Crippen LogP contribution in [0, 0.1) is 6.92 Å². The molecular formula is C18H20BrF2N5O3S. The van der Waals surface area contributed by atoms with Gasteiger partial charge in [-0.15, -0.1) is 11.3 Å². The van der Waals surface area contributed by atoms with Gasteiger partial charge in [-0.1, -0.05) is 0 Å². The van der Waals surface area contributed by atoms with Crippen LogP contribution in [-0.2, 0) is 4.89 Å². The van der Waals surface area contributed by atoms with Gasteiger partial charge in [-0.3, -0.25) is 4.89 Å². The van der Waals surface area contributed by atoms with Crippen LogP contribution in [0.3, 0.4) is 0 Å². The number of hydrogen-bond acceptors (Lipinski definition) is 8. The number of aryl methyl sites for hydroxylation is 1. The molecule has 3 heterocycles. The number of alkyl halides is 2. The Morgan fingerprint density at radius 2 is 2.03 bits per heavy atom.